The van der Waals surface area contributed by atoms with Crippen molar-refractivity contribution < 1.29 is 9.47 Å². The molecule has 0 bridgehead atoms. The number of aromatic nitrogens is 2. The number of ether oxygens (including phenoxy) is 2. The molecule has 1 aliphatic rings. The van der Waals surface area contributed by atoms with E-state index in [1.807, 2.05) is 32.0 Å². The third kappa shape index (κ3) is 5.99. The number of hydrogen-bond donors (Lipinski definition) is 3. The van der Waals surface area contributed by atoms with Crippen molar-refractivity contribution in [3.05, 3.63) is 71.0 Å². The summed E-state index contributed by atoms with van der Waals surface area (Å²) in [6, 6.07) is 15.9. The van der Waals surface area contributed by atoms with Crippen LogP contribution in [0.4, 0.5) is 11.6 Å². The molecule has 3 N–H and O–H groups in total. The monoisotopic (exact) mass is 476 g/mol. The molecule has 0 unspecified atom stereocenters. The number of aliphatic imine (C=N–C) groups is 1. The highest BCUT2D eigenvalue weighted by molar-refractivity contribution is 7.80. The lowest BCUT2D eigenvalue weighted by molar-refractivity contribution is 0.395. The van der Waals surface area contributed by atoms with Crippen molar-refractivity contribution in [2.45, 2.75) is 32.7 Å². The van der Waals surface area contributed by atoms with E-state index in [4.69, 9.17) is 26.7 Å². The van der Waals surface area contributed by atoms with Crippen LogP contribution in [0, 0.1) is 13.8 Å². The summed E-state index contributed by atoms with van der Waals surface area (Å²) in [6.07, 6.45) is 1.73. The lowest BCUT2D eigenvalue weighted by atomic mass is 10.1. The Morgan fingerprint density at radius 2 is 1.50 bits per heavy atom. The van der Waals surface area contributed by atoms with Crippen LogP contribution in [0.1, 0.15) is 22.5 Å². The number of nitrogens with zero attached hydrogens (tertiary/aromatic N) is 3. The first-order valence-electron chi connectivity index (χ1n) is 11.0. The smallest absolute Gasteiger partial charge is 0.229 e. The molecular formula is C25H28N6O2S. The molecule has 0 amide bonds. The first kappa shape index (κ1) is 23.4. The Morgan fingerprint density at radius 1 is 0.912 bits per heavy atom. The average Bonchev–Trinajstić information content (AvgIpc) is 3.20. The first-order chi connectivity index (χ1) is 16.4. The largest absolute Gasteiger partial charge is 0.497 e. The second-order valence-electron chi connectivity index (χ2n) is 8.09. The summed E-state index contributed by atoms with van der Waals surface area (Å²) in [4.78, 5) is 13.9. The SMILES string of the molecule is COc1cc(NC(=S)NC(=NC2Cc3ccccc3C2)Nc2nc(C)cc(C)n2)cc(OC)c1. The summed E-state index contributed by atoms with van der Waals surface area (Å²) in [5, 5.41) is 9.93. The number of rotatable bonds is 5. The second kappa shape index (κ2) is 10.5. The van der Waals surface area contributed by atoms with E-state index in [1.54, 1.807) is 20.3 Å². The molecule has 34 heavy (non-hydrogen) atoms. The Morgan fingerprint density at radius 3 is 2.06 bits per heavy atom. The van der Waals surface area contributed by atoms with Crippen molar-refractivity contribution in [1.29, 1.82) is 0 Å². The Hall–Kier alpha value is -3.72. The van der Waals surface area contributed by atoms with Crippen molar-refractivity contribution in [3.63, 3.8) is 0 Å². The summed E-state index contributed by atoms with van der Waals surface area (Å²) in [5.74, 6) is 2.26. The van der Waals surface area contributed by atoms with Crippen LogP contribution in [0.2, 0.25) is 0 Å². The highest BCUT2D eigenvalue weighted by atomic mass is 32.1. The number of anilines is 2. The van der Waals surface area contributed by atoms with Crippen molar-refractivity contribution in [2.24, 2.45) is 4.99 Å². The number of guanidine groups is 1. The Bertz CT molecular complexity index is 1160. The molecule has 0 saturated heterocycles. The second-order valence-corrected chi connectivity index (χ2v) is 8.50. The number of benzene rings is 2. The number of nitrogens with one attached hydrogen (secondary N) is 3. The number of hydrogen-bond acceptors (Lipinski definition) is 6. The Labute approximate surface area is 204 Å². The van der Waals surface area contributed by atoms with Crippen LogP contribution in [0.3, 0.4) is 0 Å². The zero-order chi connectivity index (χ0) is 24.1. The van der Waals surface area contributed by atoms with Crippen LogP contribution in [-0.2, 0) is 12.8 Å². The van der Waals surface area contributed by atoms with Gasteiger partial charge < -0.3 is 20.1 Å². The van der Waals surface area contributed by atoms with E-state index < -0.39 is 0 Å². The summed E-state index contributed by atoms with van der Waals surface area (Å²) >= 11 is 5.58. The first-order valence-corrected chi connectivity index (χ1v) is 11.4. The fraction of sp³-hybridized carbons (Fsp3) is 0.280. The molecule has 8 nitrogen and oxygen atoms in total. The highest BCUT2D eigenvalue weighted by Crippen LogP contribution is 2.26. The van der Waals surface area contributed by atoms with Gasteiger partial charge in [-0.05, 0) is 56.1 Å². The van der Waals surface area contributed by atoms with E-state index in [0.717, 1.165) is 29.9 Å². The van der Waals surface area contributed by atoms with Gasteiger partial charge in [0, 0.05) is 35.3 Å². The molecular weight excluding hydrogens is 448 g/mol. The normalized spacial score (nSPS) is 13.2. The lowest BCUT2D eigenvalue weighted by Crippen LogP contribution is -2.40. The van der Waals surface area contributed by atoms with E-state index in [1.165, 1.54) is 11.1 Å². The maximum absolute atomic E-state index is 5.58. The molecule has 1 aromatic heterocycles. The number of fused-ring (bicyclic) bond motifs is 1. The molecule has 0 saturated carbocycles. The van der Waals surface area contributed by atoms with E-state index in [9.17, 15) is 0 Å². The minimum Gasteiger partial charge on any atom is -0.497 e. The fourth-order valence-corrected chi connectivity index (χ4v) is 4.16. The predicted molar refractivity (Wildman–Crippen MR) is 139 cm³/mol. The van der Waals surface area contributed by atoms with Gasteiger partial charge in [0.1, 0.15) is 11.5 Å². The van der Waals surface area contributed by atoms with Gasteiger partial charge in [0.15, 0.2) is 5.11 Å². The lowest BCUT2D eigenvalue weighted by Gasteiger charge is -2.16. The van der Waals surface area contributed by atoms with E-state index in [-0.39, 0.29) is 6.04 Å². The minimum atomic E-state index is 0.0815. The van der Waals surface area contributed by atoms with Gasteiger partial charge in [-0.3, -0.25) is 5.32 Å². The van der Waals surface area contributed by atoms with E-state index >= 15 is 0 Å². The molecule has 176 valence electrons. The quantitative estimate of drug-likeness (QED) is 0.289. The molecule has 4 rings (SSSR count). The summed E-state index contributed by atoms with van der Waals surface area (Å²) < 4.78 is 10.7. The number of thiocarbonyl (C=S) groups is 1. The van der Waals surface area contributed by atoms with Gasteiger partial charge in [0.2, 0.25) is 11.9 Å². The molecule has 2 aromatic carbocycles. The van der Waals surface area contributed by atoms with Gasteiger partial charge in [-0.2, -0.15) is 0 Å². The maximum Gasteiger partial charge on any atom is 0.229 e. The van der Waals surface area contributed by atoms with Gasteiger partial charge >= 0.3 is 0 Å². The van der Waals surface area contributed by atoms with Crippen LogP contribution in [-0.4, -0.2) is 41.3 Å². The fourth-order valence-electron chi connectivity index (χ4n) is 3.94. The number of methoxy groups -OCH3 is 2. The zero-order valence-corrected chi connectivity index (χ0v) is 20.5. The van der Waals surface area contributed by atoms with Gasteiger partial charge in [0.25, 0.3) is 0 Å². The molecule has 0 aliphatic heterocycles. The van der Waals surface area contributed by atoms with Gasteiger partial charge in [-0.25, -0.2) is 15.0 Å². The standard InChI is InChI=1S/C25H28N6O2S/c1-15-9-16(2)27-23(26-15)30-24(28-19-10-17-7-5-6-8-18(17)11-19)31-25(34)29-20-12-21(32-3)14-22(13-20)33-4/h5-9,12-14,19H,10-11H2,1-4H3,(H3,26,27,28,29,30,31,34). The van der Waals surface area contributed by atoms with Crippen LogP contribution >= 0.6 is 12.2 Å². The van der Waals surface area contributed by atoms with Crippen molar-refractivity contribution in [1.82, 2.24) is 15.3 Å². The van der Waals surface area contributed by atoms with E-state index in [2.05, 4.69) is 50.2 Å². The summed E-state index contributed by atoms with van der Waals surface area (Å²) in [6.45, 7) is 3.86. The third-order valence-corrected chi connectivity index (χ3v) is 5.60. The summed E-state index contributed by atoms with van der Waals surface area (Å²) in [5.41, 5.74) is 5.10. The van der Waals surface area contributed by atoms with Gasteiger partial charge in [0.05, 0.1) is 20.3 Å². The molecule has 0 radical (unpaired) electrons. The maximum atomic E-state index is 5.58. The molecule has 9 heteroatoms. The molecule has 0 fully saturated rings. The van der Waals surface area contributed by atoms with Crippen LogP contribution < -0.4 is 25.4 Å². The Balaban J connectivity index is 1.54. The van der Waals surface area contributed by atoms with Crippen LogP contribution in [0.25, 0.3) is 0 Å². The topological polar surface area (TPSA) is 92.7 Å². The van der Waals surface area contributed by atoms with Crippen molar-refractivity contribution in [3.8, 4) is 11.5 Å². The molecule has 0 spiro atoms. The van der Waals surface area contributed by atoms with Crippen LogP contribution in [0.15, 0.2) is 53.5 Å². The third-order valence-electron chi connectivity index (χ3n) is 5.39. The van der Waals surface area contributed by atoms with Crippen molar-refractivity contribution in [2.75, 3.05) is 24.9 Å². The zero-order valence-electron chi connectivity index (χ0n) is 19.7. The Kier molecular flexibility index (Phi) is 7.22. The minimum absolute atomic E-state index is 0.0815. The molecule has 1 heterocycles. The average molecular weight is 477 g/mol. The molecule has 1 aliphatic carbocycles. The number of aryl methyl sites for hydroxylation is 2. The van der Waals surface area contributed by atoms with Crippen LogP contribution in [0.5, 0.6) is 11.5 Å². The predicted octanol–water partition coefficient (Wildman–Crippen LogP) is 4.03. The molecule has 3 aromatic rings. The highest BCUT2D eigenvalue weighted by Gasteiger charge is 2.21. The molecule has 0 atom stereocenters. The van der Waals surface area contributed by atoms with Gasteiger partial charge in [-0.15, -0.1) is 0 Å². The summed E-state index contributed by atoms with van der Waals surface area (Å²) in [7, 11) is 3.21. The van der Waals surface area contributed by atoms with Crippen molar-refractivity contribution >= 4 is 34.9 Å². The van der Waals surface area contributed by atoms with E-state index in [0.29, 0.717) is 28.5 Å². The van der Waals surface area contributed by atoms with Gasteiger partial charge in [-0.1, -0.05) is 24.3 Å².